The number of fused-ring (bicyclic) bond motifs is 1. The molecule has 2 aliphatic rings. The Balaban J connectivity index is 1.39. The Labute approximate surface area is 259 Å². The van der Waals surface area contributed by atoms with Crippen LogP contribution in [0.25, 0.3) is 0 Å². The molecule has 3 heterocycles. The van der Waals surface area contributed by atoms with Crippen molar-refractivity contribution in [3.63, 3.8) is 0 Å². The highest BCUT2D eigenvalue weighted by molar-refractivity contribution is 5.94. The average molecular weight is 602 g/mol. The van der Waals surface area contributed by atoms with E-state index < -0.39 is 12.1 Å². The van der Waals surface area contributed by atoms with Crippen molar-refractivity contribution >= 4 is 23.4 Å². The molecule has 0 radical (unpaired) electrons. The number of hydrogen-bond donors (Lipinski definition) is 2. The molecule has 2 N–H and O–H groups in total. The fraction of sp³-hybridized carbons (Fsp3) is 0.485. The maximum atomic E-state index is 13.8. The summed E-state index contributed by atoms with van der Waals surface area (Å²) in [6, 6.07) is 16.2. The van der Waals surface area contributed by atoms with Gasteiger partial charge in [-0.15, -0.1) is 0 Å². The highest BCUT2D eigenvalue weighted by Crippen LogP contribution is 2.22. The Bertz CT molecular complexity index is 1420. The summed E-state index contributed by atoms with van der Waals surface area (Å²) in [7, 11) is 0. The number of nitrogens with one attached hydrogen (secondary N) is 2. The number of rotatable bonds is 5. The molecular formula is C33H43N7O4. The van der Waals surface area contributed by atoms with Crippen LogP contribution in [-0.2, 0) is 27.3 Å². The maximum Gasteiger partial charge on any atom is 0.253 e. The topological polar surface area (TPSA) is 122 Å². The van der Waals surface area contributed by atoms with Crippen LogP contribution >= 0.6 is 0 Å². The van der Waals surface area contributed by atoms with Gasteiger partial charge in [0.25, 0.3) is 5.91 Å². The summed E-state index contributed by atoms with van der Waals surface area (Å²) in [5, 5.41) is 10.8. The minimum atomic E-state index is -0.755. The third-order valence-corrected chi connectivity index (χ3v) is 8.17. The fourth-order valence-electron chi connectivity index (χ4n) is 5.75. The van der Waals surface area contributed by atoms with Gasteiger partial charge in [0.1, 0.15) is 17.7 Å². The van der Waals surface area contributed by atoms with E-state index in [9.17, 15) is 14.4 Å². The van der Waals surface area contributed by atoms with E-state index in [-0.39, 0.29) is 30.1 Å². The second kappa shape index (κ2) is 14.5. The van der Waals surface area contributed by atoms with Crippen LogP contribution < -0.4 is 15.5 Å². The van der Waals surface area contributed by atoms with Gasteiger partial charge in [0.2, 0.25) is 11.8 Å². The highest BCUT2D eigenvalue weighted by Gasteiger charge is 2.30. The van der Waals surface area contributed by atoms with Gasteiger partial charge in [-0.25, -0.2) is 9.67 Å². The Kier molecular flexibility index (Phi) is 10.3. The zero-order chi connectivity index (χ0) is 31.1. The summed E-state index contributed by atoms with van der Waals surface area (Å²) < 4.78 is 7.27. The number of hydrogen-bond acceptors (Lipinski definition) is 7. The molecule has 2 aromatic carbocycles. The van der Waals surface area contributed by atoms with Crippen LogP contribution in [0.4, 0.5) is 5.69 Å². The van der Waals surface area contributed by atoms with Crippen molar-refractivity contribution in [2.24, 2.45) is 5.92 Å². The number of ether oxygens (including phenoxy) is 1. The molecule has 3 amide bonds. The molecule has 0 unspecified atom stereocenters. The van der Waals surface area contributed by atoms with Gasteiger partial charge >= 0.3 is 0 Å². The van der Waals surface area contributed by atoms with Crippen LogP contribution in [0.5, 0.6) is 0 Å². The second-order valence-electron chi connectivity index (χ2n) is 11.8. The molecule has 3 aromatic rings. The lowest BCUT2D eigenvalue weighted by molar-refractivity contribution is -0.129. The van der Waals surface area contributed by atoms with Gasteiger partial charge in [-0.3, -0.25) is 14.4 Å². The molecule has 44 heavy (non-hydrogen) atoms. The average Bonchev–Trinajstić information content (AvgIpc) is 3.40. The van der Waals surface area contributed by atoms with E-state index in [0.29, 0.717) is 62.9 Å². The largest absolute Gasteiger partial charge is 0.378 e. The van der Waals surface area contributed by atoms with Crippen LogP contribution in [0, 0.1) is 12.8 Å². The predicted molar refractivity (Wildman–Crippen MR) is 167 cm³/mol. The van der Waals surface area contributed by atoms with Crippen molar-refractivity contribution in [2.75, 3.05) is 44.3 Å². The second-order valence-corrected chi connectivity index (χ2v) is 11.8. The lowest BCUT2D eigenvalue weighted by atomic mass is 10.0. The summed E-state index contributed by atoms with van der Waals surface area (Å²) in [6.45, 7) is 10.1. The van der Waals surface area contributed by atoms with Gasteiger partial charge in [-0.2, -0.15) is 5.10 Å². The molecule has 1 saturated heterocycles. The van der Waals surface area contributed by atoms with Crippen LogP contribution in [0.3, 0.4) is 0 Å². The zero-order valence-electron chi connectivity index (χ0n) is 25.9. The molecule has 1 aromatic heterocycles. The Morgan fingerprint density at radius 1 is 0.955 bits per heavy atom. The van der Waals surface area contributed by atoms with Crippen LogP contribution in [0.15, 0.2) is 54.6 Å². The smallest absolute Gasteiger partial charge is 0.253 e. The number of aromatic nitrogens is 3. The number of morpholine rings is 1. The zero-order valence-corrected chi connectivity index (χ0v) is 25.9. The molecule has 11 heteroatoms. The Morgan fingerprint density at radius 2 is 1.68 bits per heavy atom. The van der Waals surface area contributed by atoms with Gasteiger partial charge in [-0.1, -0.05) is 44.2 Å². The SMILES string of the molecule is Cc1nc2n(n1)CCN(C(=O)c1ccc(N3CCOCC3)cc1)CCCC(=O)N[C@@H](Cc1ccccc1)C(=O)N[C@@H]2C(C)C. The van der Waals surface area contributed by atoms with E-state index in [4.69, 9.17) is 9.72 Å². The standard InChI is InChI=1S/C33H43N7O4/c1-23(2)30-31-34-24(3)37-40(31)17-16-39(33(43)26-11-13-27(14-12-26)38-18-20-44-21-19-38)15-7-10-29(41)35-28(32(42)36-30)22-25-8-5-4-6-9-25/h4-6,8-9,11-14,23,28,30H,7,10,15-22H2,1-3H3,(H,35,41)(H,36,42)/t28-,30+/m0/s1. The first-order valence-electron chi connectivity index (χ1n) is 15.6. The highest BCUT2D eigenvalue weighted by atomic mass is 16.5. The van der Waals surface area contributed by atoms with Crippen LogP contribution in [0.2, 0.25) is 0 Å². The van der Waals surface area contributed by atoms with E-state index in [2.05, 4.69) is 20.6 Å². The Morgan fingerprint density at radius 3 is 2.39 bits per heavy atom. The minimum Gasteiger partial charge on any atom is -0.378 e. The van der Waals surface area contributed by atoms with Crippen molar-refractivity contribution in [3.05, 3.63) is 77.4 Å². The van der Waals surface area contributed by atoms with E-state index in [1.807, 2.05) is 75.4 Å². The van der Waals surface area contributed by atoms with Crippen molar-refractivity contribution in [1.29, 1.82) is 0 Å². The number of carbonyl (C=O) groups excluding carboxylic acids is 3. The Hall–Kier alpha value is -4.25. The van der Waals surface area contributed by atoms with Gasteiger partial charge in [0.05, 0.1) is 25.8 Å². The van der Waals surface area contributed by atoms with Crippen molar-refractivity contribution in [3.8, 4) is 0 Å². The third-order valence-electron chi connectivity index (χ3n) is 8.17. The monoisotopic (exact) mass is 601 g/mol. The molecule has 0 saturated carbocycles. The number of nitrogens with zero attached hydrogens (tertiary/aromatic N) is 5. The molecular weight excluding hydrogens is 558 g/mol. The maximum absolute atomic E-state index is 13.8. The molecule has 234 valence electrons. The number of carbonyl (C=O) groups is 3. The van der Waals surface area contributed by atoms with E-state index in [1.54, 1.807) is 9.58 Å². The van der Waals surface area contributed by atoms with Gasteiger partial charge in [0.15, 0.2) is 0 Å². The normalized spacial score (nSPS) is 20.5. The van der Waals surface area contributed by atoms with Gasteiger partial charge < -0.3 is 25.2 Å². The predicted octanol–water partition coefficient (Wildman–Crippen LogP) is 2.90. The summed E-state index contributed by atoms with van der Waals surface area (Å²) in [5.74, 6) is 0.651. The quantitative estimate of drug-likeness (QED) is 0.461. The van der Waals surface area contributed by atoms with Crippen molar-refractivity contribution < 1.29 is 19.1 Å². The number of amides is 3. The summed E-state index contributed by atoms with van der Waals surface area (Å²) in [6.07, 6.45) is 1.01. The number of anilines is 1. The molecule has 2 aliphatic heterocycles. The van der Waals surface area contributed by atoms with Crippen molar-refractivity contribution in [2.45, 2.75) is 58.7 Å². The van der Waals surface area contributed by atoms with Crippen LogP contribution in [0.1, 0.15) is 60.3 Å². The molecule has 0 bridgehead atoms. The number of aryl methyl sites for hydroxylation is 1. The first-order valence-corrected chi connectivity index (χ1v) is 15.6. The summed E-state index contributed by atoms with van der Waals surface area (Å²) in [5.41, 5.74) is 2.61. The molecule has 11 nitrogen and oxygen atoms in total. The first-order chi connectivity index (χ1) is 21.3. The fourth-order valence-corrected chi connectivity index (χ4v) is 5.75. The van der Waals surface area contributed by atoms with E-state index in [0.717, 1.165) is 24.3 Å². The van der Waals surface area contributed by atoms with E-state index in [1.165, 1.54) is 0 Å². The summed E-state index contributed by atoms with van der Waals surface area (Å²) >= 11 is 0. The third kappa shape index (κ3) is 7.82. The minimum absolute atomic E-state index is 0.00463. The molecule has 0 spiro atoms. The number of benzene rings is 2. The van der Waals surface area contributed by atoms with Crippen molar-refractivity contribution in [1.82, 2.24) is 30.3 Å². The van der Waals surface area contributed by atoms with Gasteiger partial charge in [0, 0.05) is 50.3 Å². The molecule has 5 rings (SSSR count). The lowest BCUT2D eigenvalue weighted by Gasteiger charge is -2.29. The summed E-state index contributed by atoms with van der Waals surface area (Å²) in [4.78, 5) is 49.3. The molecule has 0 aliphatic carbocycles. The van der Waals surface area contributed by atoms with E-state index >= 15 is 0 Å². The molecule has 2 atom stereocenters. The molecule has 1 fully saturated rings. The lowest BCUT2D eigenvalue weighted by Crippen LogP contribution is -2.50. The first kappa shape index (κ1) is 31.2. The van der Waals surface area contributed by atoms with Crippen LogP contribution in [-0.4, -0.2) is 82.8 Å². The van der Waals surface area contributed by atoms with Gasteiger partial charge in [-0.05, 0) is 49.1 Å².